The average molecular weight is 265 g/mol. The van der Waals surface area contributed by atoms with Gasteiger partial charge in [0.25, 0.3) is 0 Å². The lowest BCUT2D eigenvalue weighted by Crippen LogP contribution is -2.30. The van der Waals surface area contributed by atoms with E-state index in [0.717, 1.165) is 35.5 Å². The van der Waals surface area contributed by atoms with E-state index in [0.29, 0.717) is 0 Å². The lowest BCUT2D eigenvalue weighted by molar-refractivity contribution is 0.554. The number of imidazole rings is 1. The third kappa shape index (κ3) is 1.75. The van der Waals surface area contributed by atoms with Crippen molar-refractivity contribution in [2.24, 2.45) is 0 Å². The second-order valence-electron chi connectivity index (χ2n) is 4.97. The summed E-state index contributed by atoms with van der Waals surface area (Å²) in [4.78, 5) is 7.70. The first-order valence-electron chi connectivity index (χ1n) is 6.77. The summed E-state index contributed by atoms with van der Waals surface area (Å²) in [5, 5.41) is 10.9. The van der Waals surface area contributed by atoms with E-state index in [-0.39, 0.29) is 6.04 Å². The summed E-state index contributed by atoms with van der Waals surface area (Å²) in [5.74, 6) is 0. The molecular weight excluding hydrogens is 250 g/mol. The molecule has 1 aliphatic heterocycles. The molecule has 1 aliphatic rings. The van der Waals surface area contributed by atoms with Crippen LogP contribution in [-0.2, 0) is 6.42 Å². The van der Waals surface area contributed by atoms with Crippen molar-refractivity contribution in [1.82, 2.24) is 25.5 Å². The van der Waals surface area contributed by atoms with Gasteiger partial charge in [-0.05, 0) is 5.56 Å². The number of fused-ring (bicyclic) bond motifs is 1. The van der Waals surface area contributed by atoms with E-state index in [1.54, 1.807) is 6.33 Å². The Bertz CT molecular complexity index is 713. The van der Waals surface area contributed by atoms with E-state index in [2.05, 4.69) is 37.6 Å². The third-order valence-corrected chi connectivity index (χ3v) is 3.79. The van der Waals surface area contributed by atoms with Crippen molar-refractivity contribution in [3.05, 3.63) is 59.8 Å². The van der Waals surface area contributed by atoms with Crippen LogP contribution in [0.5, 0.6) is 0 Å². The number of hydrogen-bond acceptors (Lipinski definition) is 3. The van der Waals surface area contributed by atoms with Crippen LogP contribution in [-0.4, -0.2) is 26.7 Å². The van der Waals surface area contributed by atoms with Crippen LogP contribution in [0.25, 0.3) is 11.3 Å². The van der Waals surface area contributed by atoms with Crippen LogP contribution in [0.1, 0.15) is 23.0 Å². The molecule has 1 aromatic carbocycles. The van der Waals surface area contributed by atoms with Gasteiger partial charge in [0.05, 0.1) is 30.0 Å². The number of H-pyrrole nitrogens is 2. The summed E-state index contributed by atoms with van der Waals surface area (Å²) >= 11 is 0. The fourth-order valence-electron chi connectivity index (χ4n) is 2.83. The van der Waals surface area contributed by atoms with Crippen molar-refractivity contribution < 1.29 is 0 Å². The van der Waals surface area contributed by atoms with Gasteiger partial charge in [-0.2, -0.15) is 5.10 Å². The van der Waals surface area contributed by atoms with Crippen molar-refractivity contribution in [3.8, 4) is 11.3 Å². The molecule has 0 spiro atoms. The molecule has 4 rings (SSSR count). The summed E-state index contributed by atoms with van der Waals surface area (Å²) in [5.41, 5.74) is 5.64. The molecular formula is C15H15N5. The van der Waals surface area contributed by atoms with Crippen molar-refractivity contribution in [3.63, 3.8) is 0 Å². The minimum Gasteiger partial charge on any atom is -0.348 e. The van der Waals surface area contributed by atoms with Gasteiger partial charge < -0.3 is 10.3 Å². The summed E-state index contributed by atoms with van der Waals surface area (Å²) in [6.45, 7) is 0.944. The molecule has 3 aromatic rings. The van der Waals surface area contributed by atoms with Crippen LogP contribution < -0.4 is 5.32 Å². The van der Waals surface area contributed by atoms with E-state index in [9.17, 15) is 0 Å². The lowest BCUT2D eigenvalue weighted by atomic mass is 9.96. The molecule has 5 nitrogen and oxygen atoms in total. The zero-order valence-corrected chi connectivity index (χ0v) is 10.9. The Hall–Kier alpha value is -2.40. The average Bonchev–Trinajstić information content (AvgIpc) is 3.16. The van der Waals surface area contributed by atoms with Gasteiger partial charge in [0, 0.05) is 24.2 Å². The van der Waals surface area contributed by atoms with Crippen LogP contribution in [0, 0.1) is 0 Å². The Morgan fingerprint density at radius 1 is 1.15 bits per heavy atom. The molecule has 2 aromatic heterocycles. The largest absolute Gasteiger partial charge is 0.348 e. The Balaban J connectivity index is 1.81. The topological polar surface area (TPSA) is 69.4 Å². The van der Waals surface area contributed by atoms with Crippen molar-refractivity contribution >= 4 is 0 Å². The molecule has 3 heterocycles. The second-order valence-corrected chi connectivity index (χ2v) is 4.97. The molecule has 1 atom stereocenters. The number of aromatic amines is 2. The van der Waals surface area contributed by atoms with Gasteiger partial charge >= 0.3 is 0 Å². The zero-order valence-electron chi connectivity index (χ0n) is 10.9. The maximum atomic E-state index is 4.47. The van der Waals surface area contributed by atoms with Gasteiger partial charge in [0.2, 0.25) is 0 Å². The molecule has 0 unspecified atom stereocenters. The number of aromatic nitrogens is 4. The van der Waals surface area contributed by atoms with Crippen molar-refractivity contribution in [2.45, 2.75) is 12.5 Å². The Kier molecular flexibility index (Phi) is 2.63. The van der Waals surface area contributed by atoms with Crippen LogP contribution in [0.15, 0.2) is 42.9 Å². The molecule has 0 bridgehead atoms. The number of hydrogen-bond donors (Lipinski definition) is 3. The molecule has 20 heavy (non-hydrogen) atoms. The smallest absolute Gasteiger partial charge is 0.0926 e. The zero-order chi connectivity index (χ0) is 13.4. The molecule has 0 aliphatic carbocycles. The fourth-order valence-corrected chi connectivity index (χ4v) is 2.83. The van der Waals surface area contributed by atoms with Gasteiger partial charge in [-0.3, -0.25) is 5.10 Å². The molecule has 0 saturated heterocycles. The number of nitrogens with zero attached hydrogens (tertiary/aromatic N) is 2. The first-order valence-corrected chi connectivity index (χ1v) is 6.77. The summed E-state index contributed by atoms with van der Waals surface area (Å²) in [6, 6.07) is 10.4. The maximum Gasteiger partial charge on any atom is 0.0926 e. The first-order chi connectivity index (χ1) is 9.93. The molecule has 5 heteroatoms. The standard InChI is InChI=1S/C15H15N5/c1-2-4-10(5-3-1)13-11(8-19-20-13)14-15-12(6-7-16-14)17-9-18-15/h1-5,8-9,14,16H,6-7H2,(H,17,18)(H,19,20)/t14-/m1/s1. The summed E-state index contributed by atoms with van der Waals surface area (Å²) < 4.78 is 0. The number of benzene rings is 1. The van der Waals surface area contributed by atoms with E-state index in [1.165, 1.54) is 5.69 Å². The summed E-state index contributed by atoms with van der Waals surface area (Å²) in [6.07, 6.45) is 4.65. The second kappa shape index (κ2) is 4.61. The van der Waals surface area contributed by atoms with Gasteiger partial charge in [0.1, 0.15) is 0 Å². The molecule has 100 valence electrons. The normalized spacial score (nSPS) is 17.9. The predicted octanol–water partition coefficient (Wildman–Crippen LogP) is 2.03. The Morgan fingerprint density at radius 3 is 2.95 bits per heavy atom. The van der Waals surface area contributed by atoms with E-state index >= 15 is 0 Å². The molecule has 0 fully saturated rings. The number of nitrogens with one attached hydrogen (secondary N) is 3. The van der Waals surface area contributed by atoms with E-state index < -0.39 is 0 Å². The quantitative estimate of drug-likeness (QED) is 0.664. The number of rotatable bonds is 2. The van der Waals surface area contributed by atoms with Crippen LogP contribution in [0.4, 0.5) is 0 Å². The van der Waals surface area contributed by atoms with Crippen LogP contribution >= 0.6 is 0 Å². The monoisotopic (exact) mass is 265 g/mol. The minimum atomic E-state index is 0.0963. The van der Waals surface area contributed by atoms with Gasteiger partial charge in [-0.25, -0.2) is 4.98 Å². The molecule has 0 radical (unpaired) electrons. The maximum absolute atomic E-state index is 4.47. The van der Waals surface area contributed by atoms with Crippen LogP contribution in [0.3, 0.4) is 0 Å². The minimum absolute atomic E-state index is 0.0963. The molecule has 0 amide bonds. The van der Waals surface area contributed by atoms with Gasteiger partial charge in [-0.15, -0.1) is 0 Å². The lowest BCUT2D eigenvalue weighted by Gasteiger charge is -2.23. The highest BCUT2D eigenvalue weighted by Crippen LogP contribution is 2.32. The molecule has 0 saturated carbocycles. The van der Waals surface area contributed by atoms with E-state index in [1.807, 2.05) is 24.4 Å². The van der Waals surface area contributed by atoms with Gasteiger partial charge in [-0.1, -0.05) is 30.3 Å². The fraction of sp³-hybridized carbons (Fsp3) is 0.200. The van der Waals surface area contributed by atoms with Gasteiger partial charge in [0.15, 0.2) is 0 Å². The highest BCUT2D eigenvalue weighted by atomic mass is 15.1. The highest BCUT2D eigenvalue weighted by molar-refractivity contribution is 5.64. The third-order valence-electron chi connectivity index (χ3n) is 3.79. The highest BCUT2D eigenvalue weighted by Gasteiger charge is 2.27. The molecule has 3 N–H and O–H groups in total. The Morgan fingerprint density at radius 2 is 2.05 bits per heavy atom. The van der Waals surface area contributed by atoms with Crippen LogP contribution in [0.2, 0.25) is 0 Å². The van der Waals surface area contributed by atoms with E-state index in [4.69, 9.17) is 0 Å². The summed E-state index contributed by atoms with van der Waals surface area (Å²) in [7, 11) is 0. The Labute approximate surface area is 116 Å². The first kappa shape index (κ1) is 11.4. The predicted molar refractivity (Wildman–Crippen MR) is 76.2 cm³/mol. The van der Waals surface area contributed by atoms with Crippen molar-refractivity contribution in [1.29, 1.82) is 0 Å². The van der Waals surface area contributed by atoms with Crippen molar-refractivity contribution in [2.75, 3.05) is 6.54 Å². The SMILES string of the molecule is c1ccc(-c2[nH]ncc2[C@H]2NCCc3[nH]cnc32)cc1.